The molecule has 6 nitrogen and oxygen atoms in total. The number of carbonyl (C=O) groups is 1. The Morgan fingerprint density at radius 1 is 1.39 bits per heavy atom. The zero-order valence-corrected chi connectivity index (χ0v) is 18.0. The van der Waals surface area contributed by atoms with E-state index in [0.29, 0.717) is 45.2 Å². The third kappa shape index (κ3) is 3.98. The van der Waals surface area contributed by atoms with Crippen molar-refractivity contribution in [2.45, 2.75) is 19.8 Å². The number of hydrogen-bond acceptors (Lipinski definition) is 4. The van der Waals surface area contributed by atoms with E-state index in [2.05, 4.69) is 31.7 Å². The molecule has 2 N–H and O–H groups in total. The molecule has 3 aromatic rings. The minimum Gasteiger partial charge on any atom is -0.352 e. The predicted octanol–water partition coefficient (Wildman–Crippen LogP) is 5.53. The van der Waals surface area contributed by atoms with Gasteiger partial charge in [-0.05, 0) is 43.9 Å². The number of hydrogen-bond donors (Lipinski definition) is 2. The fraction of sp³-hybridized carbons (Fsp3) is 0.263. The lowest BCUT2D eigenvalue weighted by molar-refractivity contribution is 0.0270. The van der Waals surface area contributed by atoms with Crippen LogP contribution in [-0.2, 0) is 4.84 Å². The van der Waals surface area contributed by atoms with Gasteiger partial charge in [0.15, 0.2) is 5.65 Å². The van der Waals surface area contributed by atoms with Gasteiger partial charge in [-0.2, -0.15) is 0 Å². The molecule has 2 heterocycles. The number of pyridine rings is 1. The topological polar surface area (TPSA) is 67.7 Å². The monoisotopic (exact) mass is 482 g/mol. The number of aromatic nitrogens is 2. The Hall–Kier alpha value is -1.80. The first-order chi connectivity index (χ1) is 13.4. The maximum Gasteiger partial charge on any atom is 0.278 e. The molecule has 1 aromatic carbocycles. The molecule has 0 unspecified atom stereocenters. The van der Waals surface area contributed by atoms with E-state index in [9.17, 15) is 4.79 Å². The van der Waals surface area contributed by atoms with Crippen LogP contribution in [0.1, 0.15) is 28.9 Å². The molecule has 0 atom stereocenters. The van der Waals surface area contributed by atoms with Gasteiger partial charge in [0.2, 0.25) is 0 Å². The lowest BCUT2D eigenvalue weighted by Crippen LogP contribution is -2.26. The van der Waals surface area contributed by atoms with Crippen molar-refractivity contribution < 1.29 is 9.63 Å². The SMILES string of the molecule is Cc1cnc2c(Cl)c(Nc3ccc(Br)cc3Cl)c(C(=O)NOCC3CC3)cn12. The summed E-state index contributed by atoms with van der Waals surface area (Å²) in [6, 6.07) is 5.41. The fourth-order valence-electron chi connectivity index (χ4n) is 2.78. The van der Waals surface area contributed by atoms with Gasteiger partial charge in [-0.3, -0.25) is 9.63 Å². The molecule has 0 radical (unpaired) electrons. The molecule has 1 aliphatic rings. The summed E-state index contributed by atoms with van der Waals surface area (Å²) in [5.74, 6) is 0.134. The van der Waals surface area contributed by atoms with Crippen LogP contribution in [0.3, 0.4) is 0 Å². The van der Waals surface area contributed by atoms with Gasteiger partial charge < -0.3 is 9.72 Å². The number of amides is 1. The van der Waals surface area contributed by atoms with E-state index >= 15 is 0 Å². The first-order valence-corrected chi connectivity index (χ1v) is 10.3. The number of fused-ring (bicyclic) bond motifs is 1. The Morgan fingerprint density at radius 2 is 2.18 bits per heavy atom. The maximum absolute atomic E-state index is 12.8. The molecule has 9 heteroatoms. The number of rotatable bonds is 6. The van der Waals surface area contributed by atoms with Gasteiger partial charge >= 0.3 is 0 Å². The van der Waals surface area contributed by atoms with Crippen LogP contribution in [0, 0.1) is 12.8 Å². The molecule has 0 aliphatic heterocycles. The molecule has 0 saturated heterocycles. The summed E-state index contributed by atoms with van der Waals surface area (Å²) in [5, 5.41) is 3.98. The normalized spacial score (nSPS) is 13.7. The first kappa shape index (κ1) is 19.5. The van der Waals surface area contributed by atoms with Crippen LogP contribution in [0.25, 0.3) is 5.65 Å². The molecule has 28 heavy (non-hydrogen) atoms. The van der Waals surface area contributed by atoms with Crippen LogP contribution in [0.4, 0.5) is 11.4 Å². The van der Waals surface area contributed by atoms with E-state index in [4.69, 9.17) is 28.0 Å². The Bertz CT molecular complexity index is 1070. The van der Waals surface area contributed by atoms with Gasteiger partial charge in [-0.15, -0.1) is 0 Å². The van der Waals surface area contributed by atoms with Crippen LogP contribution in [-0.4, -0.2) is 21.9 Å². The van der Waals surface area contributed by atoms with E-state index in [1.54, 1.807) is 28.9 Å². The summed E-state index contributed by atoms with van der Waals surface area (Å²) in [7, 11) is 0. The second-order valence-corrected chi connectivity index (χ2v) is 8.46. The zero-order valence-electron chi connectivity index (χ0n) is 14.9. The molecule has 0 spiro atoms. The van der Waals surface area contributed by atoms with Crippen LogP contribution < -0.4 is 10.8 Å². The lowest BCUT2D eigenvalue weighted by atomic mass is 10.2. The van der Waals surface area contributed by atoms with Crippen LogP contribution >= 0.6 is 39.1 Å². The average Bonchev–Trinajstić information content (AvgIpc) is 3.40. The summed E-state index contributed by atoms with van der Waals surface area (Å²) in [4.78, 5) is 22.5. The van der Waals surface area contributed by atoms with E-state index in [1.165, 1.54) is 0 Å². The Balaban J connectivity index is 1.73. The van der Waals surface area contributed by atoms with Gasteiger partial charge in [-0.25, -0.2) is 10.5 Å². The predicted molar refractivity (Wildman–Crippen MR) is 114 cm³/mol. The van der Waals surface area contributed by atoms with Crippen molar-refractivity contribution in [2.75, 3.05) is 11.9 Å². The highest BCUT2D eigenvalue weighted by atomic mass is 79.9. The van der Waals surface area contributed by atoms with Crippen molar-refractivity contribution in [3.05, 3.63) is 56.4 Å². The van der Waals surface area contributed by atoms with Gasteiger partial charge in [0.1, 0.15) is 5.02 Å². The van der Waals surface area contributed by atoms with Crippen molar-refractivity contribution in [3.63, 3.8) is 0 Å². The molecule has 4 rings (SSSR count). The van der Waals surface area contributed by atoms with E-state index < -0.39 is 5.91 Å². The van der Waals surface area contributed by atoms with Gasteiger partial charge in [-0.1, -0.05) is 39.1 Å². The third-order valence-electron chi connectivity index (χ3n) is 4.54. The molecule has 1 aliphatic carbocycles. The number of aryl methyl sites for hydroxylation is 1. The summed E-state index contributed by atoms with van der Waals surface area (Å²) < 4.78 is 2.62. The van der Waals surface area contributed by atoms with Gasteiger partial charge in [0.05, 0.1) is 28.6 Å². The summed E-state index contributed by atoms with van der Waals surface area (Å²) in [6.07, 6.45) is 5.66. The fourth-order valence-corrected chi connectivity index (χ4v) is 3.79. The average molecular weight is 484 g/mol. The van der Waals surface area contributed by atoms with Crippen molar-refractivity contribution in [3.8, 4) is 0 Å². The van der Waals surface area contributed by atoms with E-state index in [-0.39, 0.29) is 0 Å². The molecular formula is C19H17BrCl2N4O2. The summed E-state index contributed by atoms with van der Waals surface area (Å²) >= 11 is 16.3. The van der Waals surface area contributed by atoms with Crippen molar-refractivity contribution in [2.24, 2.45) is 5.92 Å². The number of imidazole rings is 1. The first-order valence-electron chi connectivity index (χ1n) is 8.74. The van der Waals surface area contributed by atoms with Crippen LogP contribution in [0.15, 0.2) is 35.1 Å². The summed E-state index contributed by atoms with van der Waals surface area (Å²) in [6.45, 7) is 2.40. The second-order valence-electron chi connectivity index (χ2n) is 6.76. The van der Waals surface area contributed by atoms with Gasteiger partial charge in [0.25, 0.3) is 5.91 Å². The lowest BCUT2D eigenvalue weighted by Gasteiger charge is -2.16. The molecule has 146 valence electrons. The smallest absolute Gasteiger partial charge is 0.278 e. The number of halogens is 3. The highest BCUT2D eigenvalue weighted by molar-refractivity contribution is 9.10. The molecule has 1 amide bonds. The van der Waals surface area contributed by atoms with Crippen molar-refractivity contribution >= 4 is 62.1 Å². The summed E-state index contributed by atoms with van der Waals surface area (Å²) in [5.41, 5.74) is 5.28. The number of nitrogens with one attached hydrogen (secondary N) is 2. The molecule has 0 bridgehead atoms. The molecule has 1 saturated carbocycles. The number of hydroxylamine groups is 1. The highest BCUT2D eigenvalue weighted by Crippen LogP contribution is 2.36. The quantitative estimate of drug-likeness (QED) is 0.452. The zero-order chi connectivity index (χ0) is 19.8. The minimum absolute atomic E-state index is 0.321. The van der Waals surface area contributed by atoms with E-state index in [1.807, 2.05) is 13.0 Å². The maximum atomic E-state index is 12.8. The largest absolute Gasteiger partial charge is 0.352 e. The number of nitrogens with zero attached hydrogens (tertiary/aromatic N) is 2. The third-order valence-corrected chi connectivity index (χ3v) is 5.71. The Morgan fingerprint density at radius 3 is 2.89 bits per heavy atom. The molecule has 1 fully saturated rings. The van der Waals surface area contributed by atoms with E-state index in [0.717, 1.165) is 23.0 Å². The Labute approximate surface area is 180 Å². The van der Waals surface area contributed by atoms with Crippen molar-refractivity contribution in [1.82, 2.24) is 14.9 Å². The molecular weight excluding hydrogens is 467 g/mol. The molecule has 2 aromatic heterocycles. The Kier molecular flexibility index (Phi) is 5.51. The second kappa shape index (κ2) is 7.91. The van der Waals surface area contributed by atoms with Crippen LogP contribution in [0.2, 0.25) is 10.0 Å². The van der Waals surface area contributed by atoms with Crippen molar-refractivity contribution in [1.29, 1.82) is 0 Å². The van der Waals surface area contributed by atoms with Gasteiger partial charge in [0, 0.05) is 22.6 Å². The minimum atomic E-state index is -0.395. The standard InChI is InChI=1S/C19H17BrCl2N4O2/c1-10-7-23-18-16(22)17(24-15-5-4-12(20)6-14(15)21)13(8-26(10)18)19(27)25-28-9-11-2-3-11/h4-8,11,24H,2-3,9H2,1H3,(H,25,27). The van der Waals surface area contributed by atoms with Crippen LogP contribution in [0.5, 0.6) is 0 Å². The number of benzene rings is 1. The highest BCUT2D eigenvalue weighted by Gasteiger charge is 2.24. The number of carbonyl (C=O) groups excluding carboxylic acids is 1. The number of anilines is 2.